The van der Waals surface area contributed by atoms with Crippen LogP contribution >= 0.6 is 0 Å². The Hall–Kier alpha value is -3.26. The quantitative estimate of drug-likeness (QED) is 0.466. The van der Waals surface area contributed by atoms with Crippen molar-refractivity contribution in [2.24, 2.45) is 11.8 Å². The molecular formula is C30H39N5O3. The van der Waals surface area contributed by atoms with Crippen LogP contribution in [0.5, 0.6) is 5.75 Å². The lowest BCUT2D eigenvalue weighted by Crippen LogP contribution is -2.41. The Labute approximate surface area is 225 Å². The second-order valence-electron chi connectivity index (χ2n) is 11.0. The first-order chi connectivity index (χ1) is 18.4. The number of benzene rings is 2. The third-order valence-electron chi connectivity index (χ3n) is 8.38. The maximum atomic E-state index is 13.9. The minimum Gasteiger partial charge on any atom is -0.496 e. The van der Waals surface area contributed by atoms with Crippen molar-refractivity contribution in [3.05, 3.63) is 59.4 Å². The lowest BCUT2D eigenvalue weighted by Gasteiger charge is -2.36. The molecule has 38 heavy (non-hydrogen) atoms. The molecule has 5 rings (SSSR count). The zero-order chi connectivity index (χ0) is 26.6. The van der Waals surface area contributed by atoms with E-state index in [-0.39, 0.29) is 17.9 Å². The van der Waals surface area contributed by atoms with E-state index in [2.05, 4.69) is 40.5 Å². The van der Waals surface area contributed by atoms with Crippen LogP contribution in [0.3, 0.4) is 0 Å². The van der Waals surface area contributed by atoms with Crippen LogP contribution in [-0.4, -0.2) is 51.0 Å². The number of ether oxygens (including phenoxy) is 1. The molecule has 2 saturated carbocycles. The summed E-state index contributed by atoms with van der Waals surface area (Å²) in [5.41, 5.74) is 4.23. The van der Waals surface area contributed by atoms with Gasteiger partial charge in [0.15, 0.2) is 5.82 Å². The molecule has 2 aromatic carbocycles. The van der Waals surface area contributed by atoms with Gasteiger partial charge in [-0.25, -0.2) is 0 Å². The number of amides is 1. The number of aliphatic hydroxyl groups excluding tert-OH is 1. The van der Waals surface area contributed by atoms with E-state index >= 15 is 0 Å². The van der Waals surface area contributed by atoms with Crippen LogP contribution in [0.2, 0.25) is 0 Å². The van der Waals surface area contributed by atoms with Crippen LogP contribution in [0.25, 0.3) is 5.69 Å². The predicted octanol–water partition coefficient (Wildman–Crippen LogP) is 5.15. The lowest BCUT2D eigenvalue weighted by molar-refractivity contribution is -0.124. The van der Waals surface area contributed by atoms with Crippen molar-refractivity contribution in [3.8, 4) is 11.4 Å². The van der Waals surface area contributed by atoms with Crippen LogP contribution in [0.4, 0.5) is 5.69 Å². The van der Waals surface area contributed by atoms with Gasteiger partial charge in [-0.3, -0.25) is 4.79 Å². The molecule has 0 atom stereocenters. The third-order valence-corrected chi connectivity index (χ3v) is 8.38. The van der Waals surface area contributed by atoms with Crippen molar-refractivity contribution in [3.63, 3.8) is 0 Å². The molecule has 2 aliphatic rings. The van der Waals surface area contributed by atoms with E-state index in [1.54, 1.807) is 7.11 Å². The van der Waals surface area contributed by atoms with Crippen LogP contribution < -0.4 is 9.64 Å². The van der Waals surface area contributed by atoms with Gasteiger partial charge >= 0.3 is 0 Å². The first-order valence-corrected chi connectivity index (χ1v) is 13.9. The van der Waals surface area contributed by atoms with E-state index in [1.165, 1.54) is 15.9 Å². The second kappa shape index (κ2) is 11.6. The number of tetrazole rings is 1. The molecule has 8 nitrogen and oxygen atoms in total. The Bertz CT molecular complexity index is 1240. The maximum Gasteiger partial charge on any atom is 0.230 e. The Morgan fingerprint density at radius 1 is 1.03 bits per heavy atom. The molecule has 0 aliphatic heterocycles. The predicted molar refractivity (Wildman–Crippen MR) is 147 cm³/mol. The minimum absolute atomic E-state index is 0.0487. The Morgan fingerprint density at radius 3 is 2.45 bits per heavy atom. The van der Waals surface area contributed by atoms with Crippen LogP contribution in [0, 0.1) is 25.7 Å². The summed E-state index contributed by atoms with van der Waals surface area (Å²) in [5.74, 6) is 2.65. The second-order valence-corrected chi connectivity index (χ2v) is 11.0. The molecule has 0 spiro atoms. The van der Waals surface area contributed by atoms with Gasteiger partial charge in [0.25, 0.3) is 0 Å². The number of aryl methyl sites for hydroxylation is 2. The van der Waals surface area contributed by atoms with Gasteiger partial charge in [0.2, 0.25) is 5.91 Å². The van der Waals surface area contributed by atoms with E-state index < -0.39 is 0 Å². The average molecular weight is 518 g/mol. The summed E-state index contributed by atoms with van der Waals surface area (Å²) in [5, 5.41) is 22.5. The highest BCUT2D eigenvalue weighted by Crippen LogP contribution is 2.38. The molecular weight excluding hydrogens is 478 g/mol. The molecule has 2 aliphatic carbocycles. The molecule has 1 heterocycles. The highest BCUT2D eigenvalue weighted by Gasteiger charge is 2.32. The lowest BCUT2D eigenvalue weighted by atomic mass is 9.78. The molecule has 3 aromatic rings. The van der Waals surface area contributed by atoms with E-state index in [1.807, 2.05) is 36.1 Å². The largest absolute Gasteiger partial charge is 0.496 e. The van der Waals surface area contributed by atoms with E-state index in [0.717, 1.165) is 55.6 Å². The number of carbonyl (C=O) groups excluding carboxylic acids is 1. The molecule has 1 N–H and O–H groups in total. The van der Waals surface area contributed by atoms with Crippen molar-refractivity contribution in [2.75, 3.05) is 18.6 Å². The van der Waals surface area contributed by atoms with Crippen molar-refractivity contribution in [2.45, 2.75) is 77.2 Å². The number of methoxy groups -OCH3 is 1. The summed E-state index contributed by atoms with van der Waals surface area (Å²) in [6.45, 7) is 4.62. The summed E-state index contributed by atoms with van der Waals surface area (Å²) in [6.07, 6.45) is 7.00. The number of aliphatic hydroxyl groups is 1. The molecule has 1 aromatic heterocycles. The molecule has 0 unspecified atom stereocenters. The fourth-order valence-corrected chi connectivity index (χ4v) is 6.14. The Kier molecular flexibility index (Phi) is 8.07. The number of carbonyl (C=O) groups is 1. The number of aromatic nitrogens is 4. The van der Waals surface area contributed by atoms with Gasteiger partial charge in [-0.15, -0.1) is 15.0 Å². The van der Waals surface area contributed by atoms with Crippen LogP contribution in [0.1, 0.15) is 74.2 Å². The van der Waals surface area contributed by atoms with E-state index in [0.29, 0.717) is 37.0 Å². The van der Waals surface area contributed by atoms with Gasteiger partial charge in [-0.05, 0) is 118 Å². The first-order valence-electron chi connectivity index (χ1n) is 13.9. The maximum absolute atomic E-state index is 13.9. The minimum atomic E-state index is -0.283. The topological polar surface area (TPSA) is 93.4 Å². The van der Waals surface area contributed by atoms with Gasteiger partial charge in [0.1, 0.15) is 5.75 Å². The van der Waals surface area contributed by atoms with Gasteiger partial charge in [-0.2, -0.15) is 0 Å². The highest BCUT2D eigenvalue weighted by atomic mass is 16.5. The standard InChI is InChI=1S/C30H39N5O3/c1-20-17-25(13-16-29(20)38-3)23-9-7-22(8-10-23)19-34(30(37)24-11-14-28(36)15-12-24)26-5-4-6-27(18-26)35-32-21(2)31-33-35/h4-6,13,16-18,22-24,28,36H,7-12,14-15,19H2,1-3H3. The van der Waals surface area contributed by atoms with E-state index in [9.17, 15) is 9.90 Å². The molecule has 8 heteroatoms. The summed E-state index contributed by atoms with van der Waals surface area (Å²) >= 11 is 0. The fraction of sp³-hybridized carbons (Fsp3) is 0.533. The molecule has 0 saturated heterocycles. The van der Waals surface area contributed by atoms with Gasteiger partial charge in [0.05, 0.1) is 18.9 Å². The molecule has 202 valence electrons. The number of hydrogen-bond acceptors (Lipinski definition) is 6. The van der Waals surface area contributed by atoms with Crippen LogP contribution in [-0.2, 0) is 4.79 Å². The number of nitrogens with zero attached hydrogens (tertiary/aromatic N) is 5. The third kappa shape index (κ3) is 5.90. The Morgan fingerprint density at radius 2 is 1.79 bits per heavy atom. The van der Waals surface area contributed by atoms with Crippen molar-refractivity contribution in [1.29, 1.82) is 0 Å². The normalized spacial score (nSPS) is 23.7. The van der Waals surface area contributed by atoms with Crippen LogP contribution in [0.15, 0.2) is 42.5 Å². The number of anilines is 1. The first kappa shape index (κ1) is 26.4. The molecule has 2 fully saturated rings. The SMILES string of the molecule is COc1ccc(C2CCC(CN(C(=O)C3CCC(O)CC3)c3cccc(-n4nnc(C)n4)c3)CC2)cc1C. The monoisotopic (exact) mass is 517 g/mol. The number of rotatable bonds is 7. The van der Waals surface area contributed by atoms with Gasteiger partial charge in [-0.1, -0.05) is 18.2 Å². The van der Waals surface area contributed by atoms with E-state index in [4.69, 9.17) is 4.74 Å². The summed E-state index contributed by atoms with van der Waals surface area (Å²) in [6, 6.07) is 14.4. The average Bonchev–Trinajstić information content (AvgIpc) is 3.38. The highest BCUT2D eigenvalue weighted by molar-refractivity contribution is 5.95. The zero-order valence-corrected chi connectivity index (χ0v) is 22.7. The molecule has 0 bridgehead atoms. The smallest absolute Gasteiger partial charge is 0.230 e. The van der Waals surface area contributed by atoms with Crippen molar-refractivity contribution < 1.29 is 14.6 Å². The summed E-state index contributed by atoms with van der Waals surface area (Å²) in [4.78, 5) is 17.4. The van der Waals surface area contributed by atoms with Gasteiger partial charge < -0.3 is 14.7 Å². The number of hydrogen-bond donors (Lipinski definition) is 1. The van der Waals surface area contributed by atoms with Crippen molar-refractivity contribution in [1.82, 2.24) is 20.2 Å². The fourth-order valence-electron chi connectivity index (χ4n) is 6.14. The van der Waals surface area contributed by atoms with Gasteiger partial charge in [0, 0.05) is 18.2 Å². The summed E-state index contributed by atoms with van der Waals surface area (Å²) in [7, 11) is 1.72. The van der Waals surface area contributed by atoms with Crippen molar-refractivity contribution >= 4 is 11.6 Å². The molecule has 1 amide bonds. The summed E-state index contributed by atoms with van der Waals surface area (Å²) < 4.78 is 5.44. The molecule has 0 radical (unpaired) electrons. The zero-order valence-electron chi connectivity index (χ0n) is 22.7. The Balaban J connectivity index is 1.32.